The fourth-order valence-corrected chi connectivity index (χ4v) is 4.15. The van der Waals surface area contributed by atoms with Crippen LogP contribution < -0.4 is 9.64 Å². The summed E-state index contributed by atoms with van der Waals surface area (Å²) in [6, 6.07) is 13.9. The van der Waals surface area contributed by atoms with Gasteiger partial charge >= 0.3 is 0 Å². The van der Waals surface area contributed by atoms with Gasteiger partial charge in [0.2, 0.25) is 0 Å². The molecule has 0 radical (unpaired) electrons. The maximum Gasteiger partial charge on any atom is 0.137 e. The molecule has 1 aliphatic rings. The summed E-state index contributed by atoms with van der Waals surface area (Å²) in [6.07, 6.45) is 3.75. The zero-order chi connectivity index (χ0) is 20.9. The molecule has 1 fully saturated rings. The molecule has 0 saturated carbocycles. The number of nitrogens with one attached hydrogen (secondary N) is 1. The Balaban J connectivity index is 1.30. The number of ether oxygens (including phenoxy) is 1. The van der Waals surface area contributed by atoms with Crippen LogP contribution in [0.25, 0.3) is 0 Å². The van der Waals surface area contributed by atoms with Crippen molar-refractivity contribution >= 4 is 17.4 Å². The van der Waals surface area contributed by atoms with E-state index in [-0.39, 0.29) is 0 Å². The monoisotopic (exact) mass is 425 g/mol. The molecule has 3 heterocycles. The third-order valence-corrected chi connectivity index (χ3v) is 5.80. The minimum Gasteiger partial charge on any atom is -0.492 e. The molecule has 0 amide bonds. The Morgan fingerprint density at radius 3 is 2.93 bits per heavy atom. The minimum atomic E-state index is 0.457. The van der Waals surface area contributed by atoms with Crippen LogP contribution in [0.5, 0.6) is 5.75 Å². The summed E-state index contributed by atoms with van der Waals surface area (Å²) in [5.74, 6) is 2.22. The zero-order valence-electron chi connectivity index (χ0n) is 17.5. The minimum absolute atomic E-state index is 0.457. The number of likely N-dealkylation sites (tertiary alicyclic amines) is 1. The lowest BCUT2D eigenvalue weighted by atomic mass is 10.0. The van der Waals surface area contributed by atoms with Gasteiger partial charge < -0.3 is 9.64 Å². The second kappa shape index (κ2) is 9.49. The van der Waals surface area contributed by atoms with E-state index in [1.165, 1.54) is 5.56 Å². The highest BCUT2D eigenvalue weighted by Crippen LogP contribution is 2.29. The van der Waals surface area contributed by atoms with Crippen molar-refractivity contribution in [2.45, 2.75) is 25.3 Å². The van der Waals surface area contributed by atoms with E-state index in [0.717, 1.165) is 55.4 Å². The average molecular weight is 426 g/mol. The maximum absolute atomic E-state index is 6.14. The van der Waals surface area contributed by atoms with E-state index in [0.29, 0.717) is 17.5 Å². The quantitative estimate of drug-likeness (QED) is 0.588. The fraction of sp³-hybridized carbons (Fsp3) is 0.391. The Labute approximate surface area is 182 Å². The van der Waals surface area contributed by atoms with Crippen LogP contribution in [0.1, 0.15) is 29.3 Å². The SMILES string of the molecule is CN(C)c1ncccc1CN1CC[C@@H](c2cc(CCOc3ccccc3Cl)[nH]n2)C1. The van der Waals surface area contributed by atoms with Crippen molar-refractivity contribution in [1.29, 1.82) is 0 Å². The predicted molar refractivity (Wildman–Crippen MR) is 120 cm³/mol. The molecule has 0 spiro atoms. The highest BCUT2D eigenvalue weighted by molar-refractivity contribution is 6.32. The number of anilines is 1. The molecule has 6 nitrogen and oxygen atoms in total. The van der Waals surface area contributed by atoms with Crippen molar-refractivity contribution in [2.24, 2.45) is 0 Å². The van der Waals surface area contributed by atoms with E-state index in [4.69, 9.17) is 16.3 Å². The van der Waals surface area contributed by atoms with Crippen molar-refractivity contribution in [3.63, 3.8) is 0 Å². The molecule has 158 valence electrons. The number of rotatable bonds is 8. The Morgan fingerprint density at radius 2 is 2.10 bits per heavy atom. The van der Waals surface area contributed by atoms with Gasteiger partial charge in [-0.15, -0.1) is 0 Å². The fourth-order valence-electron chi connectivity index (χ4n) is 3.96. The lowest BCUT2D eigenvalue weighted by Gasteiger charge is -2.20. The normalized spacial score (nSPS) is 16.7. The number of hydrogen-bond donors (Lipinski definition) is 1. The molecule has 1 aromatic carbocycles. The Hall–Kier alpha value is -2.57. The van der Waals surface area contributed by atoms with Crippen LogP contribution in [0.2, 0.25) is 5.02 Å². The van der Waals surface area contributed by atoms with Crippen molar-refractivity contribution in [3.8, 4) is 5.75 Å². The van der Waals surface area contributed by atoms with Crippen LogP contribution in [0.4, 0.5) is 5.82 Å². The highest BCUT2D eigenvalue weighted by atomic mass is 35.5. The summed E-state index contributed by atoms with van der Waals surface area (Å²) in [6.45, 7) is 3.57. The molecule has 30 heavy (non-hydrogen) atoms. The van der Waals surface area contributed by atoms with Crippen LogP contribution >= 0.6 is 11.6 Å². The van der Waals surface area contributed by atoms with Gasteiger partial charge in [-0.2, -0.15) is 5.10 Å². The molecular formula is C23H28ClN5O. The number of hydrogen-bond acceptors (Lipinski definition) is 5. The van der Waals surface area contributed by atoms with Gasteiger partial charge in [-0.1, -0.05) is 29.8 Å². The van der Waals surface area contributed by atoms with Gasteiger partial charge in [-0.3, -0.25) is 10.00 Å². The van der Waals surface area contributed by atoms with E-state index in [1.54, 1.807) is 0 Å². The molecule has 7 heteroatoms. The molecular weight excluding hydrogens is 398 g/mol. The van der Waals surface area contributed by atoms with Gasteiger partial charge in [0.15, 0.2) is 0 Å². The van der Waals surface area contributed by atoms with E-state index < -0.39 is 0 Å². The number of pyridine rings is 1. The van der Waals surface area contributed by atoms with Gasteiger partial charge in [0, 0.05) is 57.0 Å². The van der Waals surface area contributed by atoms with Gasteiger partial charge in [-0.05, 0) is 37.2 Å². The summed E-state index contributed by atoms with van der Waals surface area (Å²) in [4.78, 5) is 9.08. The van der Waals surface area contributed by atoms with Gasteiger partial charge in [0.25, 0.3) is 0 Å². The van der Waals surface area contributed by atoms with Gasteiger partial charge in [0.1, 0.15) is 11.6 Å². The van der Waals surface area contributed by atoms with E-state index in [1.807, 2.05) is 50.6 Å². The smallest absolute Gasteiger partial charge is 0.137 e. The van der Waals surface area contributed by atoms with Crippen molar-refractivity contribution < 1.29 is 4.74 Å². The molecule has 4 rings (SSSR count). The largest absolute Gasteiger partial charge is 0.492 e. The lowest BCUT2D eigenvalue weighted by Crippen LogP contribution is -2.22. The second-order valence-corrected chi connectivity index (χ2v) is 8.36. The number of benzene rings is 1. The first-order valence-electron chi connectivity index (χ1n) is 10.3. The third kappa shape index (κ3) is 4.94. The molecule has 1 atom stereocenters. The van der Waals surface area contributed by atoms with E-state index in [9.17, 15) is 0 Å². The van der Waals surface area contributed by atoms with Gasteiger partial charge in [-0.25, -0.2) is 4.98 Å². The van der Waals surface area contributed by atoms with Crippen molar-refractivity contribution in [1.82, 2.24) is 20.1 Å². The molecule has 1 N–H and O–H groups in total. The highest BCUT2D eigenvalue weighted by Gasteiger charge is 2.26. The van der Waals surface area contributed by atoms with Crippen LogP contribution in [0.15, 0.2) is 48.7 Å². The topological polar surface area (TPSA) is 57.3 Å². The molecule has 0 aliphatic carbocycles. The first-order valence-corrected chi connectivity index (χ1v) is 10.7. The second-order valence-electron chi connectivity index (χ2n) is 7.95. The predicted octanol–water partition coefficient (Wildman–Crippen LogP) is 4.14. The number of aromatic nitrogens is 3. The molecule has 1 saturated heterocycles. The number of para-hydroxylation sites is 1. The van der Waals surface area contributed by atoms with E-state index in [2.05, 4.69) is 37.1 Å². The van der Waals surface area contributed by atoms with Crippen LogP contribution in [0.3, 0.4) is 0 Å². The van der Waals surface area contributed by atoms with Gasteiger partial charge in [0.05, 0.1) is 17.3 Å². The molecule has 3 aromatic rings. The number of halogens is 1. The van der Waals surface area contributed by atoms with Crippen molar-refractivity contribution in [3.05, 3.63) is 70.6 Å². The number of nitrogens with zero attached hydrogens (tertiary/aromatic N) is 4. The molecule has 2 aromatic heterocycles. The van der Waals surface area contributed by atoms with Crippen LogP contribution in [-0.4, -0.2) is 53.9 Å². The average Bonchev–Trinajstić information content (AvgIpc) is 3.39. The summed E-state index contributed by atoms with van der Waals surface area (Å²) in [5, 5.41) is 8.39. The van der Waals surface area contributed by atoms with Crippen molar-refractivity contribution in [2.75, 3.05) is 38.7 Å². The molecule has 0 bridgehead atoms. The number of aromatic amines is 1. The standard InChI is InChI=1S/C23H28ClN5O/c1-28(2)23-18(6-5-11-25-23)16-29-12-9-17(15-29)21-14-19(26-27-21)10-13-30-22-8-4-3-7-20(22)24/h3-8,11,14,17H,9-10,12-13,15-16H2,1-2H3,(H,26,27)/t17-/m1/s1. The Bertz CT molecular complexity index is 973. The van der Waals surface area contributed by atoms with E-state index >= 15 is 0 Å². The third-order valence-electron chi connectivity index (χ3n) is 5.49. The first-order chi connectivity index (χ1) is 14.6. The summed E-state index contributed by atoms with van der Waals surface area (Å²) in [5.41, 5.74) is 3.50. The Morgan fingerprint density at radius 1 is 1.23 bits per heavy atom. The van der Waals surface area contributed by atoms with Crippen LogP contribution in [-0.2, 0) is 13.0 Å². The molecule has 1 aliphatic heterocycles. The summed E-state index contributed by atoms with van der Waals surface area (Å²) >= 11 is 6.14. The molecule has 0 unspecified atom stereocenters. The number of H-pyrrole nitrogens is 1. The van der Waals surface area contributed by atoms with Crippen LogP contribution in [0, 0.1) is 0 Å². The Kier molecular flexibility index (Phi) is 6.55. The first kappa shape index (κ1) is 20.7. The zero-order valence-corrected chi connectivity index (χ0v) is 18.3. The maximum atomic E-state index is 6.14. The summed E-state index contributed by atoms with van der Waals surface area (Å²) < 4.78 is 5.79. The summed E-state index contributed by atoms with van der Waals surface area (Å²) in [7, 11) is 4.08. The lowest BCUT2D eigenvalue weighted by molar-refractivity contribution is 0.320.